The van der Waals surface area contributed by atoms with Crippen LogP contribution in [-0.4, -0.2) is 38.0 Å². The van der Waals surface area contributed by atoms with Crippen molar-refractivity contribution in [3.63, 3.8) is 0 Å². The first-order valence-corrected chi connectivity index (χ1v) is 7.79. The van der Waals surface area contributed by atoms with Crippen LogP contribution in [0.4, 0.5) is 0 Å². The number of fused-ring (bicyclic) bond motifs is 4. The maximum Gasteiger partial charge on any atom is 0.181 e. The second kappa shape index (κ2) is 3.22. The van der Waals surface area contributed by atoms with Crippen LogP contribution in [0.5, 0.6) is 0 Å². The largest absolute Gasteiger partial charge is 0.346 e. The Morgan fingerprint density at radius 1 is 0.550 bits per heavy atom. The molecular weight excluding hydrogens is 256 g/mol. The predicted molar refractivity (Wildman–Crippen MR) is 68.5 cm³/mol. The molecule has 2 spiro atoms. The van der Waals surface area contributed by atoms with Crippen molar-refractivity contribution < 1.29 is 18.9 Å². The Kier molecular flexibility index (Phi) is 1.76. The molecule has 4 fully saturated rings. The van der Waals surface area contributed by atoms with Gasteiger partial charge >= 0.3 is 0 Å². The molecule has 2 heterocycles. The summed E-state index contributed by atoms with van der Waals surface area (Å²) in [6, 6.07) is 0. The second-order valence-electron chi connectivity index (χ2n) is 6.86. The molecule has 6 rings (SSSR count). The summed E-state index contributed by atoms with van der Waals surface area (Å²) in [6.07, 6.45) is 9.26. The van der Waals surface area contributed by atoms with Crippen molar-refractivity contribution in [1.29, 1.82) is 0 Å². The van der Waals surface area contributed by atoms with Crippen LogP contribution >= 0.6 is 0 Å². The molecular formula is C16H18O4. The van der Waals surface area contributed by atoms with Gasteiger partial charge in [0.2, 0.25) is 0 Å². The molecule has 0 radical (unpaired) electrons. The van der Waals surface area contributed by atoms with Crippen LogP contribution in [0.3, 0.4) is 0 Å². The van der Waals surface area contributed by atoms with E-state index < -0.39 is 11.6 Å². The van der Waals surface area contributed by atoms with E-state index in [2.05, 4.69) is 24.3 Å². The topological polar surface area (TPSA) is 36.9 Å². The first-order valence-electron chi connectivity index (χ1n) is 7.79. The van der Waals surface area contributed by atoms with E-state index in [1.54, 1.807) is 0 Å². The molecule has 2 aliphatic heterocycles. The first-order chi connectivity index (χ1) is 9.87. The van der Waals surface area contributed by atoms with E-state index in [4.69, 9.17) is 18.9 Å². The Morgan fingerprint density at radius 3 is 1.15 bits per heavy atom. The summed E-state index contributed by atoms with van der Waals surface area (Å²) >= 11 is 0. The Morgan fingerprint density at radius 2 is 0.850 bits per heavy atom. The summed E-state index contributed by atoms with van der Waals surface area (Å²) in [7, 11) is 0. The molecule has 0 amide bonds. The van der Waals surface area contributed by atoms with Crippen LogP contribution in [0, 0.1) is 35.5 Å². The highest BCUT2D eigenvalue weighted by Gasteiger charge is 2.77. The van der Waals surface area contributed by atoms with Crippen LogP contribution in [0.2, 0.25) is 0 Å². The minimum absolute atomic E-state index is 0.365. The third-order valence-electron chi connectivity index (χ3n) is 6.49. The zero-order valence-corrected chi connectivity index (χ0v) is 11.2. The van der Waals surface area contributed by atoms with Gasteiger partial charge in [0, 0.05) is 23.7 Å². The van der Waals surface area contributed by atoms with E-state index in [-0.39, 0.29) is 0 Å². The Balaban J connectivity index is 1.54. The summed E-state index contributed by atoms with van der Waals surface area (Å²) in [5.74, 6) is 1.77. The monoisotopic (exact) mass is 274 g/mol. The van der Waals surface area contributed by atoms with Gasteiger partial charge in [-0.3, -0.25) is 0 Å². The van der Waals surface area contributed by atoms with Crippen molar-refractivity contribution in [2.45, 2.75) is 11.6 Å². The normalized spacial score (nSPS) is 54.8. The summed E-state index contributed by atoms with van der Waals surface area (Å²) < 4.78 is 24.6. The van der Waals surface area contributed by atoms with Crippen molar-refractivity contribution in [3.8, 4) is 0 Å². The molecule has 6 atom stereocenters. The first kappa shape index (κ1) is 11.0. The van der Waals surface area contributed by atoms with Crippen LogP contribution < -0.4 is 0 Å². The summed E-state index contributed by atoms with van der Waals surface area (Å²) in [6.45, 7) is 2.90. The number of rotatable bonds is 0. The van der Waals surface area contributed by atoms with Crippen molar-refractivity contribution in [2.75, 3.05) is 26.4 Å². The van der Waals surface area contributed by atoms with E-state index in [0.717, 1.165) is 26.4 Å². The standard InChI is InChI=1S/C16H18O4/c1-2-10-13-9(1)15(17-5-6-18-15)11-3-4-12(14(11)13)16(10)19-7-8-20-16/h1-4,9-14H,5-8H2/t9-,10+,11-,12+,13?,14?. The average molecular weight is 274 g/mol. The fourth-order valence-electron chi connectivity index (χ4n) is 6.11. The summed E-state index contributed by atoms with van der Waals surface area (Å²) in [4.78, 5) is 0. The van der Waals surface area contributed by atoms with Crippen LogP contribution in [-0.2, 0) is 18.9 Å². The third kappa shape index (κ3) is 0.907. The number of hydrogen-bond acceptors (Lipinski definition) is 4. The fraction of sp³-hybridized carbons (Fsp3) is 0.750. The number of hydrogen-bond donors (Lipinski definition) is 0. The van der Waals surface area contributed by atoms with Crippen molar-refractivity contribution in [1.82, 2.24) is 0 Å². The maximum absolute atomic E-state index is 6.14. The van der Waals surface area contributed by atoms with Gasteiger partial charge in [-0.1, -0.05) is 24.3 Å². The van der Waals surface area contributed by atoms with Crippen molar-refractivity contribution in [2.24, 2.45) is 35.5 Å². The molecule has 6 aliphatic rings. The predicted octanol–water partition coefficient (Wildman–Crippen LogP) is 1.34. The minimum Gasteiger partial charge on any atom is -0.346 e. The molecule has 0 N–H and O–H groups in total. The maximum atomic E-state index is 6.14. The molecule has 0 bridgehead atoms. The molecule has 2 unspecified atom stereocenters. The Bertz CT molecular complexity index is 447. The quantitative estimate of drug-likeness (QED) is 0.625. The van der Waals surface area contributed by atoms with Gasteiger partial charge in [-0.2, -0.15) is 0 Å². The molecule has 4 aliphatic carbocycles. The van der Waals surface area contributed by atoms with E-state index in [0.29, 0.717) is 35.5 Å². The third-order valence-corrected chi connectivity index (χ3v) is 6.49. The summed E-state index contributed by atoms with van der Waals surface area (Å²) in [5.41, 5.74) is 0. The molecule has 2 saturated carbocycles. The highest BCUT2D eigenvalue weighted by molar-refractivity contribution is 5.35. The average Bonchev–Trinajstić information content (AvgIpc) is 3.21. The molecule has 4 nitrogen and oxygen atoms in total. The molecule has 2 saturated heterocycles. The Hall–Kier alpha value is -0.680. The lowest BCUT2D eigenvalue weighted by Gasteiger charge is -2.35. The van der Waals surface area contributed by atoms with Crippen LogP contribution in [0.25, 0.3) is 0 Å². The smallest absolute Gasteiger partial charge is 0.181 e. The van der Waals surface area contributed by atoms with E-state index in [1.807, 2.05) is 0 Å². The van der Waals surface area contributed by atoms with Gasteiger partial charge in [-0.25, -0.2) is 0 Å². The van der Waals surface area contributed by atoms with Crippen molar-refractivity contribution in [3.05, 3.63) is 24.3 Å². The Labute approximate surface area is 117 Å². The SMILES string of the molecule is C1=C[C@H]2C3C4[C@@H](C=C[C@@H]4C24OCCO4)C2(OCCO2)[C@H]13. The molecule has 0 aromatic heterocycles. The van der Waals surface area contributed by atoms with Gasteiger partial charge in [0.15, 0.2) is 11.6 Å². The lowest BCUT2D eigenvalue weighted by atomic mass is 9.88. The second-order valence-corrected chi connectivity index (χ2v) is 6.86. The zero-order chi connectivity index (χ0) is 12.9. The molecule has 0 aromatic carbocycles. The van der Waals surface area contributed by atoms with Gasteiger partial charge in [0.1, 0.15) is 0 Å². The van der Waals surface area contributed by atoms with E-state index >= 15 is 0 Å². The van der Waals surface area contributed by atoms with Gasteiger partial charge in [-0.15, -0.1) is 0 Å². The molecule has 20 heavy (non-hydrogen) atoms. The van der Waals surface area contributed by atoms with E-state index in [9.17, 15) is 0 Å². The highest BCUT2D eigenvalue weighted by Crippen LogP contribution is 2.72. The van der Waals surface area contributed by atoms with Gasteiger partial charge in [0.25, 0.3) is 0 Å². The fourth-order valence-corrected chi connectivity index (χ4v) is 6.11. The van der Waals surface area contributed by atoms with Crippen LogP contribution in [0.15, 0.2) is 24.3 Å². The lowest BCUT2D eigenvalue weighted by Crippen LogP contribution is -2.45. The van der Waals surface area contributed by atoms with Gasteiger partial charge in [-0.05, 0) is 11.8 Å². The van der Waals surface area contributed by atoms with Gasteiger partial charge < -0.3 is 18.9 Å². The van der Waals surface area contributed by atoms with Gasteiger partial charge in [0.05, 0.1) is 26.4 Å². The van der Waals surface area contributed by atoms with Crippen molar-refractivity contribution >= 4 is 0 Å². The molecule has 4 heteroatoms. The minimum atomic E-state index is -0.397. The zero-order valence-electron chi connectivity index (χ0n) is 11.2. The summed E-state index contributed by atoms with van der Waals surface area (Å²) in [5, 5.41) is 0. The highest BCUT2D eigenvalue weighted by atomic mass is 16.7. The molecule has 0 aromatic rings. The van der Waals surface area contributed by atoms with Crippen LogP contribution in [0.1, 0.15) is 0 Å². The number of ether oxygens (including phenoxy) is 4. The van der Waals surface area contributed by atoms with E-state index in [1.165, 1.54) is 0 Å². The molecule has 106 valence electrons. The lowest BCUT2D eigenvalue weighted by molar-refractivity contribution is -0.222.